The van der Waals surface area contributed by atoms with Gasteiger partial charge in [0.2, 0.25) is 0 Å². The Morgan fingerprint density at radius 3 is 2.52 bits per heavy atom. The van der Waals surface area contributed by atoms with E-state index < -0.39 is 6.09 Å². The predicted molar refractivity (Wildman–Crippen MR) is 98.9 cm³/mol. The van der Waals surface area contributed by atoms with E-state index in [0.717, 1.165) is 19.0 Å². The smallest absolute Gasteiger partial charge is 0.411 e. The van der Waals surface area contributed by atoms with Gasteiger partial charge in [-0.3, -0.25) is 10.2 Å². The lowest BCUT2D eigenvalue weighted by Crippen LogP contribution is -2.46. The molecule has 1 saturated heterocycles. The highest BCUT2D eigenvalue weighted by molar-refractivity contribution is 5.91. The van der Waals surface area contributed by atoms with Crippen molar-refractivity contribution in [2.45, 2.75) is 32.7 Å². The van der Waals surface area contributed by atoms with Gasteiger partial charge in [0.25, 0.3) is 0 Å². The third-order valence-corrected chi connectivity index (χ3v) is 4.55. The fourth-order valence-corrected chi connectivity index (χ4v) is 2.86. The zero-order valence-corrected chi connectivity index (χ0v) is 15.2. The fourth-order valence-electron chi connectivity index (χ4n) is 2.86. The van der Waals surface area contributed by atoms with E-state index in [1.165, 1.54) is 20.0 Å². The van der Waals surface area contributed by atoms with Gasteiger partial charge in [-0.25, -0.2) is 9.59 Å². The molecule has 7 heteroatoms. The molecule has 0 aromatic heterocycles. The van der Waals surface area contributed by atoms with Gasteiger partial charge in [0.1, 0.15) is 0 Å². The van der Waals surface area contributed by atoms with Crippen LogP contribution in [0.4, 0.5) is 21.0 Å². The molecule has 1 aromatic carbocycles. The highest BCUT2D eigenvalue weighted by atomic mass is 16.5. The Bertz CT molecular complexity index is 585. The van der Waals surface area contributed by atoms with Gasteiger partial charge in [0, 0.05) is 24.0 Å². The minimum absolute atomic E-state index is 0.257. The highest BCUT2D eigenvalue weighted by Crippen LogP contribution is 2.18. The SMILES string of the molecule is COC(=O)Nc1cccc(NC(=O)NC[C@H](C)N2CCC(C)CC2)c1. The van der Waals surface area contributed by atoms with Gasteiger partial charge in [-0.15, -0.1) is 0 Å². The second-order valence-electron chi connectivity index (χ2n) is 6.60. The van der Waals surface area contributed by atoms with E-state index in [9.17, 15) is 9.59 Å². The van der Waals surface area contributed by atoms with Crippen LogP contribution in [-0.2, 0) is 4.74 Å². The Morgan fingerprint density at radius 1 is 1.24 bits per heavy atom. The quantitative estimate of drug-likeness (QED) is 0.763. The maximum absolute atomic E-state index is 12.1. The van der Waals surface area contributed by atoms with Crippen molar-refractivity contribution in [3.05, 3.63) is 24.3 Å². The number of benzene rings is 1. The standard InChI is InChI=1S/C18H28N4O3/c1-13-7-9-22(10-8-13)14(2)12-19-17(23)20-15-5-4-6-16(11-15)21-18(24)25-3/h4-6,11,13-14H,7-10,12H2,1-3H3,(H,21,24)(H2,19,20,23)/t14-/m0/s1. The molecule has 7 nitrogen and oxygen atoms in total. The molecule has 2 rings (SSSR count). The summed E-state index contributed by atoms with van der Waals surface area (Å²) >= 11 is 0. The molecule has 1 aliphatic rings. The summed E-state index contributed by atoms with van der Waals surface area (Å²) in [5, 5.41) is 8.25. The minimum atomic E-state index is -0.550. The number of ether oxygens (including phenoxy) is 1. The molecule has 1 fully saturated rings. The van der Waals surface area contributed by atoms with Gasteiger partial charge in [0.15, 0.2) is 0 Å². The monoisotopic (exact) mass is 348 g/mol. The fraction of sp³-hybridized carbons (Fsp3) is 0.556. The average Bonchev–Trinajstić information content (AvgIpc) is 2.60. The number of likely N-dealkylation sites (tertiary alicyclic amines) is 1. The Hall–Kier alpha value is -2.28. The van der Waals surface area contributed by atoms with Gasteiger partial charge < -0.3 is 15.4 Å². The topological polar surface area (TPSA) is 82.7 Å². The van der Waals surface area contributed by atoms with Crippen LogP contribution >= 0.6 is 0 Å². The summed E-state index contributed by atoms with van der Waals surface area (Å²) < 4.78 is 4.55. The van der Waals surface area contributed by atoms with Crippen LogP contribution in [0.2, 0.25) is 0 Å². The zero-order chi connectivity index (χ0) is 18.2. The van der Waals surface area contributed by atoms with Crippen molar-refractivity contribution in [2.75, 3.05) is 37.4 Å². The van der Waals surface area contributed by atoms with Crippen molar-refractivity contribution < 1.29 is 14.3 Å². The second kappa shape index (κ2) is 9.27. The molecule has 0 saturated carbocycles. The predicted octanol–water partition coefficient (Wildman–Crippen LogP) is 3.11. The van der Waals surface area contributed by atoms with Crippen LogP contribution in [0.25, 0.3) is 0 Å². The number of carbonyl (C=O) groups excluding carboxylic acids is 2. The number of rotatable bonds is 5. The lowest BCUT2D eigenvalue weighted by Gasteiger charge is -2.34. The number of hydrogen-bond donors (Lipinski definition) is 3. The summed E-state index contributed by atoms with van der Waals surface area (Å²) in [6, 6.07) is 6.96. The van der Waals surface area contributed by atoms with E-state index in [-0.39, 0.29) is 6.03 Å². The lowest BCUT2D eigenvalue weighted by atomic mass is 9.98. The molecule has 1 atom stereocenters. The van der Waals surface area contributed by atoms with Crippen molar-refractivity contribution in [3.63, 3.8) is 0 Å². The summed E-state index contributed by atoms with van der Waals surface area (Å²) in [5.74, 6) is 0.797. The van der Waals surface area contributed by atoms with Crippen molar-refractivity contribution >= 4 is 23.5 Å². The minimum Gasteiger partial charge on any atom is -0.453 e. The van der Waals surface area contributed by atoms with Crippen LogP contribution in [0.1, 0.15) is 26.7 Å². The number of nitrogens with one attached hydrogen (secondary N) is 3. The number of hydrogen-bond acceptors (Lipinski definition) is 4. The lowest BCUT2D eigenvalue weighted by molar-refractivity contribution is 0.146. The van der Waals surface area contributed by atoms with Crippen molar-refractivity contribution in [2.24, 2.45) is 5.92 Å². The molecule has 0 bridgehead atoms. The summed E-state index contributed by atoms with van der Waals surface area (Å²) in [5.41, 5.74) is 1.16. The summed E-state index contributed by atoms with van der Waals surface area (Å²) in [7, 11) is 1.30. The van der Waals surface area contributed by atoms with Crippen LogP contribution in [0.5, 0.6) is 0 Å². The normalized spacial score (nSPS) is 16.8. The van der Waals surface area contributed by atoms with Crippen molar-refractivity contribution in [3.8, 4) is 0 Å². The van der Waals surface area contributed by atoms with Gasteiger partial charge in [0.05, 0.1) is 7.11 Å². The molecule has 3 N–H and O–H groups in total. The number of nitrogens with zero attached hydrogens (tertiary/aromatic N) is 1. The maximum Gasteiger partial charge on any atom is 0.411 e. The zero-order valence-electron chi connectivity index (χ0n) is 15.2. The molecule has 138 valence electrons. The average molecular weight is 348 g/mol. The van der Waals surface area contributed by atoms with E-state index >= 15 is 0 Å². The first-order chi connectivity index (χ1) is 12.0. The van der Waals surface area contributed by atoms with Crippen molar-refractivity contribution in [1.29, 1.82) is 0 Å². The molecule has 0 radical (unpaired) electrons. The van der Waals surface area contributed by atoms with Gasteiger partial charge in [-0.1, -0.05) is 13.0 Å². The first-order valence-corrected chi connectivity index (χ1v) is 8.72. The number of methoxy groups -OCH3 is 1. The van der Waals surface area contributed by atoms with Gasteiger partial charge in [-0.2, -0.15) is 0 Å². The highest BCUT2D eigenvalue weighted by Gasteiger charge is 2.20. The summed E-state index contributed by atoms with van der Waals surface area (Å²) in [6.07, 6.45) is 1.89. The largest absolute Gasteiger partial charge is 0.453 e. The van der Waals surface area contributed by atoms with Crippen LogP contribution in [-0.4, -0.2) is 49.8 Å². The van der Waals surface area contributed by atoms with E-state index in [2.05, 4.69) is 39.4 Å². The first-order valence-electron chi connectivity index (χ1n) is 8.72. The molecule has 0 aliphatic carbocycles. The molecule has 3 amide bonds. The van der Waals surface area contributed by atoms with Crippen LogP contribution in [0.15, 0.2) is 24.3 Å². The Labute approximate surface area is 149 Å². The van der Waals surface area contributed by atoms with Gasteiger partial charge >= 0.3 is 12.1 Å². The Kier molecular flexibility index (Phi) is 7.06. The van der Waals surface area contributed by atoms with E-state index in [0.29, 0.717) is 24.0 Å². The number of piperidine rings is 1. The summed E-state index contributed by atoms with van der Waals surface area (Å²) in [4.78, 5) is 25.7. The van der Waals surface area contributed by atoms with Crippen LogP contribution in [0.3, 0.4) is 0 Å². The molecule has 25 heavy (non-hydrogen) atoms. The van der Waals surface area contributed by atoms with Crippen molar-refractivity contribution in [1.82, 2.24) is 10.2 Å². The second-order valence-corrected chi connectivity index (χ2v) is 6.60. The summed E-state index contributed by atoms with van der Waals surface area (Å²) in [6.45, 7) is 7.20. The number of amides is 3. The van der Waals surface area contributed by atoms with Gasteiger partial charge in [-0.05, 0) is 57.0 Å². The Balaban J connectivity index is 1.78. The molecule has 1 aliphatic heterocycles. The molecule has 1 heterocycles. The van der Waals surface area contributed by atoms with E-state index in [1.807, 2.05) is 0 Å². The number of anilines is 2. The van der Waals surface area contributed by atoms with E-state index in [4.69, 9.17) is 0 Å². The number of carbonyl (C=O) groups is 2. The molecular weight excluding hydrogens is 320 g/mol. The van der Waals surface area contributed by atoms with Crippen LogP contribution in [0, 0.1) is 5.92 Å². The number of urea groups is 1. The Morgan fingerprint density at radius 2 is 1.88 bits per heavy atom. The molecular formula is C18H28N4O3. The molecule has 1 aromatic rings. The van der Waals surface area contributed by atoms with E-state index in [1.54, 1.807) is 24.3 Å². The maximum atomic E-state index is 12.1. The molecule has 0 spiro atoms. The third-order valence-electron chi connectivity index (χ3n) is 4.55. The third kappa shape index (κ3) is 6.26. The first kappa shape index (κ1) is 19.1. The van der Waals surface area contributed by atoms with Crippen LogP contribution < -0.4 is 16.0 Å². The molecule has 0 unspecified atom stereocenters.